The van der Waals surface area contributed by atoms with Crippen molar-refractivity contribution in [3.63, 3.8) is 0 Å². The number of thiophene rings is 1. The minimum absolute atomic E-state index is 0.105. The predicted octanol–water partition coefficient (Wildman–Crippen LogP) is 5.21. The second kappa shape index (κ2) is 6.14. The molecule has 3 nitrogen and oxygen atoms in total. The lowest BCUT2D eigenvalue weighted by molar-refractivity contribution is 0.587. The number of aromatic amines is 1. The van der Waals surface area contributed by atoms with Crippen molar-refractivity contribution in [3.05, 3.63) is 74.9 Å². The molecule has 26 heavy (non-hydrogen) atoms. The van der Waals surface area contributed by atoms with Gasteiger partial charge in [0.05, 0.1) is 10.9 Å². The zero-order valence-corrected chi connectivity index (χ0v) is 14.9. The van der Waals surface area contributed by atoms with Gasteiger partial charge >= 0.3 is 0 Å². The molecule has 2 aromatic heterocycles. The number of aryl methyl sites for hydroxylation is 2. The maximum absolute atomic E-state index is 14.0. The molecule has 1 N–H and O–H groups in total. The lowest BCUT2D eigenvalue weighted by Gasteiger charge is -2.07. The van der Waals surface area contributed by atoms with Crippen molar-refractivity contribution in [2.45, 2.75) is 13.8 Å². The Kier molecular flexibility index (Phi) is 3.92. The molecule has 0 radical (unpaired) electrons. The normalized spacial score (nSPS) is 11.2. The zero-order valence-electron chi connectivity index (χ0n) is 14.1. The van der Waals surface area contributed by atoms with E-state index in [9.17, 15) is 13.6 Å². The summed E-state index contributed by atoms with van der Waals surface area (Å²) >= 11 is 1.28. The average molecular weight is 368 g/mol. The second-order valence-electron chi connectivity index (χ2n) is 6.16. The Morgan fingerprint density at radius 1 is 1.04 bits per heavy atom. The summed E-state index contributed by atoms with van der Waals surface area (Å²) in [6.07, 6.45) is 0. The third-order valence-electron chi connectivity index (χ3n) is 4.32. The molecular weight excluding hydrogens is 354 g/mol. The predicted molar refractivity (Wildman–Crippen MR) is 101 cm³/mol. The first kappa shape index (κ1) is 16.6. The molecule has 130 valence electrons. The molecule has 6 heteroatoms. The number of nitrogens with one attached hydrogen (secondary N) is 1. The van der Waals surface area contributed by atoms with Gasteiger partial charge in [-0.2, -0.15) is 0 Å². The largest absolute Gasteiger partial charge is 0.306 e. The molecular formula is C20H14F2N2OS. The van der Waals surface area contributed by atoms with Crippen LogP contribution in [-0.2, 0) is 0 Å². The topological polar surface area (TPSA) is 45.8 Å². The third-order valence-corrected chi connectivity index (χ3v) is 5.19. The summed E-state index contributed by atoms with van der Waals surface area (Å²) in [5.41, 5.74) is 3.16. The van der Waals surface area contributed by atoms with Crippen molar-refractivity contribution in [2.75, 3.05) is 0 Å². The summed E-state index contributed by atoms with van der Waals surface area (Å²) in [4.78, 5) is 20.0. The van der Waals surface area contributed by atoms with Crippen molar-refractivity contribution in [3.8, 4) is 22.5 Å². The molecule has 0 atom stereocenters. The lowest BCUT2D eigenvalue weighted by atomic mass is 9.99. The Balaban J connectivity index is 1.96. The van der Waals surface area contributed by atoms with Crippen molar-refractivity contribution in [2.24, 2.45) is 0 Å². The van der Waals surface area contributed by atoms with Gasteiger partial charge in [0.1, 0.15) is 22.3 Å². The zero-order chi connectivity index (χ0) is 18.4. The van der Waals surface area contributed by atoms with Gasteiger partial charge in [-0.3, -0.25) is 4.79 Å². The molecule has 2 aromatic carbocycles. The van der Waals surface area contributed by atoms with Crippen LogP contribution in [0.15, 0.2) is 46.6 Å². The van der Waals surface area contributed by atoms with Gasteiger partial charge in [-0.25, -0.2) is 13.8 Å². The first-order valence-electron chi connectivity index (χ1n) is 7.99. The minimum atomic E-state index is -0.765. The molecule has 0 spiro atoms. The maximum atomic E-state index is 14.0. The third kappa shape index (κ3) is 2.63. The second-order valence-corrected chi connectivity index (χ2v) is 7.02. The number of nitrogens with zero attached hydrogens (tertiary/aromatic N) is 1. The van der Waals surface area contributed by atoms with Crippen LogP contribution in [0.25, 0.3) is 32.7 Å². The Bertz CT molecular complexity index is 1190. The van der Waals surface area contributed by atoms with E-state index in [4.69, 9.17) is 0 Å². The van der Waals surface area contributed by atoms with Crippen LogP contribution >= 0.6 is 11.3 Å². The van der Waals surface area contributed by atoms with Crippen LogP contribution in [-0.4, -0.2) is 9.97 Å². The molecule has 0 fully saturated rings. The first-order valence-corrected chi connectivity index (χ1v) is 8.87. The summed E-state index contributed by atoms with van der Waals surface area (Å²) in [7, 11) is 0. The first-order chi connectivity index (χ1) is 12.5. The SMILES string of the molecule is Cc1ccc(-c2csc3nc(-c4c(F)cccc4F)[nH]c(=O)c23)c(C)c1. The lowest BCUT2D eigenvalue weighted by Crippen LogP contribution is -2.10. The summed E-state index contributed by atoms with van der Waals surface area (Å²) < 4.78 is 28.1. The molecule has 0 amide bonds. The van der Waals surface area contributed by atoms with Crippen LogP contribution in [0.1, 0.15) is 11.1 Å². The molecule has 4 aromatic rings. The van der Waals surface area contributed by atoms with Crippen LogP contribution in [0.4, 0.5) is 8.78 Å². The van der Waals surface area contributed by atoms with Crippen molar-refractivity contribution >= 4 is 21.6 Å². The van der Waals surface area contributed by atoms with Crippen molar-refractivity contribution < 1.29 is 8.78 Å². The van der Waals surface area contributed by atoms with Gasteiger partial charge in [0.25, 0.3) is 5.56 Å². The van der Waals surface area contributed by atoms with Crippen LogP contribution in [0.2, 0.25) is 0 Å². The van der Waals surface area contributed by atoms with E-state index >= 15 is 0 Å². The minimum Gasteiger partial charge on any atom is -0.306 e. The van der Waals surface area contributed by atoms with Crippen molar-refractivity contribution in [1.82, 2.24) is 9.97 Å². The van der Waals surface area contributed by atoms with E-state index in [1.54, 1.807) is 0 Å². The molecule has 0 aliphatic heterocycles. The van der Waals surface area contributed by atoms with Crippen LogP contribution in [0.5, 0.6) is 0 Å². The summed E-state index contributed by atoms with van der Waals surface area (Å²) in [6, 6.07) is 9.54. The van der Waals surface area contributed by atoms with E-state index in [1.165, 1.54) is 17.4 Å². The Hall–Kier alpha value is -2.86. The fourth-order valence-electron chi connectivity index (χ4n) is 3.11. The summed E-state index contributed by atoms with van der Waals surface area (Å²) in [5, 5.41) is 2.29. The van der Waals surface area contributed by atoms with E-state index in [-0.39, 0.29) is 11.4 Å². The number of halogens is 2. The van der Waals surface area contributed by atoms with Gasteiger partial charge in [-0.15, -0.1) is 11.3 Å². The Morgan fingerprint density at radius 3 is 2.46 bits per heavy atom. The highest BCUT2D eigenvalue weighted by atomic mass is 32.1. The monoisotopic (exact) mass is 368 g/mol. The fraction of sp³-hybridized carbons (Fsp3) is 0.100. The molecule has 2 heterocycles. The number of aromatic nitrogens is 2. The molecule has 4 rings (SSSR count). The fourth-order valence-corrected chi connectivity index (χ4v) is 4.04. The number of hydrogen-bond donors (Lipinski definition) is 1. The highest BCUT2D eigenvalue weighted by molar-refractivity contribution is 7.17. The Morgan fingerprint density at radius 2 is 1.77 bits per heavy atom. The van der Waals surface area contributed by atoms with E-state index in [0.29, 0.717) is 10.2 Å². The standard InChI is InChI=1S/C20H14F2N2OS/c1-10-6-7-12(11(2)8-10)13-9-26-20-16(13)19(25)23-18(24-20)17-14(21)4-3-5-15(17)22/h3-9H,1-2H3,(H,23,24,25). The van der Waals surface area contributed by atoms with Crippen LogP contribution in [0, 0.1) is 25.5 Å². The molecule has 0 saturated heterocycles. The van der Waals surface area contributed by atoms with Crippen LogP contribution < -0.4 is 5.56 Å². The molecule has 0 bridgehead atoms. The maximum Gasteiger partial charge on any atom is 0.260 e. The molecule has 0 aliphatic rings. The van der Waals surface area contributed by atoms with Gasteiger partial charge < -0.3 is 4.98 Å². The van der Waals surface area contributed by atoms with E-state index in [1.807, 2.05) is 37.4 Å². The van der Waals surface area contributed by atoms with E-state index in [2.05, 4.69) is 9.97 Å². The van der Waals surface area contributed by atoms with Gasteiger partial charge in [-0.1, -0.05) is 29.8 Å². The van der Waals surface area contributed by atoms with E-state index < -0.39 is 17.2 Å². The Labute approximate surface area is 152 Å². The smallest absolute Gasteiger partial charge is 0.260 e. The molecule has 0 saturated carbocycles. The van der Waals surface area contributed by atoms with Gasteiger partial charge in [0.15, 0.2) is 0 Å². The van der Waals surface area contributed by atoms with Gasteiger partial charge in [0, 0.05) is 10.9 Å². The van der Waals surface area contributed by atoms with Crippen LogP contribution in [0.3, 0.4) is 0 Å². The van der Waals surface area contributed by atoms with Gasteiger partial charge in [-0.05, 0) is 37.1 Å². The number of fused-ring (bicyclic) bond motifs is 1. The number of hydrogen-bond acceptors (Lipinski definition) is 3. The number of H-pyrrole nitrogens is 1. The average Bonchev–Trinajstić information content (AvgIpc) is 2.99. The molecule has 0 unspecified atom stereocenters. The summed E-state index contributed by atoms with van der Waals surface area (Å²) in [6.45, 7) is 3.99. The van der Waals surface area contributed by atoms with E-state index in [0.717, 1.165) is 34.4 Å². The highest BCUT2D eigenvalue weighted by Gasteiger charge is 2.18. The number of benzene rings is 2. The molecule has 0 aliphatic carbocycles. The highest BCUT2D eigenvalue weighted by Crippen LogP contribution is 2.34. The van der Waals surface area contributed by atoms with Crippen molar-refractivity contribution in [1.29, 1.82) is 0 Å². The van der Waals surface area contributed by atoms with Gasteiger partial charge in [0.2, 0.25) is 0 Å². The quantitative estimate of drug-likeness (QED) is 0.528. The summed E-state index contributed by atoms with van der Waals surface area (Å²) in [5.74, 6) is -1.63. The number of rotatable bonds is 2.